The van der Waals surface area contributed by atoms with Crippen molar-refractivity contribution < 1.29 is 32.8 Å². The zero-order valence-corrected chi connectivity index (χ0v) is 17.6. The SMILES string of the molecule is O=C1C(=O)N(CCC[NH+]2CCOCC2)C(c2ccccc2F)C1C(=O)c1ccc(F)cc1. The highest BCUT2D eigenvalue weighted by molar-refractivity contribution is 6.44. The van der Waals surface area contributed by atoms with E-state index in [1.165, 1.54) is 40.1 Å². The van der Waals surface area contributed by atoms with Crippen molar-refractivity contribution in [1.82, 2.24) is 4.90 Å². The van der Waals surface area contributed by atoms with Crippen molar-refractivity contribution in [1.29, 1.82) is 0 Å². The number of nitrogens with zero attached hydrogens (tertiary/aromatic N) is 1. The number of likely N-dealkylation sites (tertiary alicyclic amines) is 1. The van der Waals surface area contributed by atoms with Crippen LogP contribution in [0.4, 0.5) is 8.78 Å². The third kappa shape index (κ3) is 4.47. The van der Waals surface area contributed by atoms with Gasteiger partial charge in [0.15, 0.2) is 5.78 Å². The summed E-state index contributed by atoms with van der Waals surface area (Å²) in [6, 6.07) is 9.63. The second-order valence-corrected chi connectivity index (χ2v) is 8.14. The van der Waals surface area contributed by atoms with Gasteiger partial charge in [-0.2, -0.15) is 0 Å². The largest absolute Gasteiger partial charge is 0.370 e. The lowest BCUT2D eigenvalue weighted by Crippen LogP contribution is -3.14. The summed E-state index contributed by atoms with van der Waals surface area (Å²) in [6.45, 7) is 4.12. The van der Waals surface area contributed by atoms with Crippen LogP contribution in [0, 0.1) is 17.6 Å². The van der Waals surface area contributed by atoms with Crippen LogP contribution in [0.25, 0.3) is 0 Å². The molecule has 2 aromatic rings. The summed E-state index contributed by atoms with van der Waals surface area (Å²) in [6.07, 6.45) is 0.608. The summed E-state index contributed by atoms with van der Waals surface area (Å²) in [4.78, 5) is 41.7. The molecule has 1 amide bonds. The molecule has 2 fully saturated rings. The van der Waals surface area contributed by atoms with Crippen molar-refractivity contribution in [2.45, 2.75) is 12.5 Å². The van der Waals surface area contributed by atoms with Gasteiger partial charge in [0.25, 0.3) is 5.91 Å². The molecule has 2 aliphatic heterocycles. The molecule has 0 spiro atoms. The normalized spacial score (nSPS) is 21.9. The molecule has 4 rings (SSSR count). The van der Waals surface area contributed by atoms with Crippen LogP contribution in [0.5, 0.6) is 0 Å². The number of hydrogen-bond acceptors (Lipinski definition) is 4. The van der Waals surface area contributed by atoms with Crippen LogP contribution in [-0.4, -0.2) is 61.8 Å². The number of carbonyl (C=O) groups is 3. The molecule has 1 N–H and O–H groups in total. The highest BCUT2D eigenvalue weighted by atomic mass is 19.1. The number of halogens is 2. The van der Waals surface area contributed by atoms with Gasteiger partial charge in [-0.1, -0.05) is 18.2 Å². The number of ketones is 2. The van der Waals surface area contributed by atoms with Crippen molar-refractivity contribution in [3.8, 4) is 0 Å². The summed E-state index contributed by atoms with van der Waals surface area (Å²) in [5.74, 6) is -4.73. The van der Waals surface area contributed by atoms with E-state index in [1.54, 1.807) is 6.07 Å². The highest BCUT2D eigenvalue weighted by Crippen LogP contribution is 2.39. The minimum atomic E-state index is -1.37. The molecule has 168 valence electrons. The van der Waals surface area contributed by atoms with E-state index < -0.39 is 41.1 Å². The Balaban J connectivity index is 1.62. The molecule has 2 heterocycles. The van der Waals surface area contributed by atoms with Gasteiger partial charge in [0.2, 0.25) is 5.78 Å². The van der Waals surface area contributed by atoms with Gasteiger partial charge in [-0.05, 0) is 30.3 Å². The summed E-state index contributed by atoms with van der Waals surface area (Å²) in [7, 11) is 0. The van der Waals surface area contributed by atoms with E-state index in [2.05, 4.69) is 0 Å². The number of carbonyl (C=O) groups excluding carboxylic acids is 3. The fourth-order valence-corrected chi connectivity index (χ4v) is 4.49. The lowest BCUT2D eigenvalue weighted by atomic mass is 9.86. The van der Waals surface area contributed by atoms with Crippen molar-refractivity contribution in [3.05, 3.63) is 71.3 Å². The molecule has 0 radical (unpaired) electrons. The number of hydrogen-bond donors (Lipinski definition) is 1. The Labute approximate surface area is 184 Å². The number of quaternary nitrogens is 1. The fraction of sp³-hybridized carbons (Fsp3) is 0.375. The Morgan fingerprint density at radius 3 is 2.41 bits per heavy atom. The Hall–Kier alpha value is -2.97. The van der Waals surface area contributed by atoms with E-state index in [-0.39, 0.29) is 17.7 Å². The highest BCUT2D eigenvalue weighted by Gasteiger charge is 2.52. The average Bonchev–Trinajstić information content (AvgIpc) is 3.05. The molecule has 8 heteroatoms. The lowest BCUT2D eigenvalue weighted by molar-refractivity contribution is -0.908. The minimum Gasteiger partial charge on any atom is -0.370 e. The van der Waals surface area contributed by atoms with Gasteiger partial charge in [0.1, 0.15) is 30.6 Å². The monoisotopic (exact) mass is 443 g/mol. The van der Waals surface area contributed by atoms with Gasteiger partial charge in [-0.3, -0.25) is 14.4 Å². The molecule has 2 unspecified atom stereocenters. The Bertz CT molecular complexity index is 1010. The van der Waals surface area contributed by atoms with Gasteiger partial charge >= 0.3 is 0 Å². The van der Waals surface area contributed by atoms with Crippen LogP contribution in [0.1, 0.15) is 28.4 Å². The van der Waals surface area contributed by atoms with E-state index in [4.69, 9.17) is 4.74 Å². The molecule has 0 aromatic heterocycles. The zero-order valence-electron chi connectivity index (χ0n) is 17.6. The maximum absolute atomic E-state index is 14.7. The summed E-state index contributed by atoms with van der Waals surface area (Å²) >= 11 is 0. The van der Waals surface area contributed by atoms with Crippen LogP contribution in [0.2, 0.25) is 0 Å². The summed E-state index contributed by atoms with van der Waals surface area (Å²) in [5, 5.41) is 0. The standard InChI is InChI=1S/C24H24F2N2O4/c25-17-8-6-16(7-9-17)22(29)20-21(18-4-1-2-5-19(18)26)28(24(31)23(20)30)11-3-10-27-12-14-32-15-13-27/h1-2,4-9,20-21H,3,10-15H2/p+1. The van der Waals surface area contributed by atoms with Gasteiger partial charge in [0.05, 0.1) is 25.8 Å². The van der Waals surface area contributed by atoms with E-state index in [9.17, 15) is 23.2 Å². The molecule has 32 heavy (non-hydrogen) atoms. The molecule has 2 atom stereocenters. The van der Waals surface area contributed by atoms with Crippen molar-refractivity contribution in [2.75, 3.05) is 39.4 Å². The third-order valence-corrected chi connectivity index (χ3v) is 6.17. The first-order valence-electron chi connectivity index (χ1n) is 10.8. The summed E-state index contributed by atoms with van der Waals surface area (Å²) in [5.41, 5.74) is 0.240. The average molecular weight is 443 g/mol. The Morgan fingerprint density at radius 1 is 1.03 bits per heavy atom. The van der Waals surface area contributed by atoms with Crippen LogP contribution in [0.15, 0.2) is 48.5 Å². The first-order chi connectivity index (χ1) is 15.5. The molecule has 2 aliphatic rings. The molecule has 0 bridgehead atoms. The quantitative estimate of drug-likeness (QED) is 0.397. The summed E-state index contributed by atoms with van der Waals surface area (Å²) < 4.78 is 33.4. The molecule has 6 nitrogen and oxygen atoms in total. The number of Topliss-reactive ketones (excluding diaryl/α,β-unsaturated/α-hetero) is 2. The Kier molecular flexibility index (Phi) is 6.72. The van der Waals surface area contributed by atoms with Gasteiger partial charge < -0.3 is 14.5 Å². The van der Waals surface area contributed by atoms with Gasteiger partial charge in [0, 0.05) is 24.1 Å². The molecule has 0 saturated carbocycles. The number of ether oxygens (including phenoxy) is 1. The third-order valence-electron chi connectivity index (χ3n) is 6.17. The van der Waals surface area contributed by atoms with E-state index in [0.717, 1.165) is 31.8 Å². The zero-order chi connectivity index (χ0) is 22.7. The second-order valence-electron chi connectivity index (χ2n) is 8.14. The maximum Gasteiger partial charge on any atom is 0.291 e. The fourth-order valence-electron chi connectivity index (χ4n) is 4.49. The van der Waals surface area contributed by atoms with E-state index >= 15 is 0 Å². The van der Waals surface area contributed by atoms with E-state index in [0.29, 0.717) is 19.6 Å². The number of amides is 1. The van der Waals surface area contributed by atoms with Gasteiger partial charge in [-0.25, -0.2) is 8.78 Å². The van der Waals surface area contributed by atoms with Gasteiger partial charge in [-0.15, -0.1) is 0 Å². The first-order valence-corrected chi connectivity index (χ1v) is 10.8. The first kappa shape index (κ1) is 22.2. The Morgan fingerprint density at radius 2 is 1.72 bits per heavy atom. The van der Waals surface area contributed by atoms with Crippen molar-refractivity contribution >= 4 is 17.5 Å². The predicted octanol–water partition coefficient (Wildman–Crippen LogP) is 1.22. The number of nitrogens with one attached hydrogen (secondary N) is 1. The van der Waals surface area contributed by atoms with Crippen molar-refractivity contribution in [3.63, 3.8) is 0 Å². The maximum atomic E-state index is 14.7. The van der Waals surface area contributed by atoms with Crippen LogP contribution in [0.3, 0.4) is 0 Å². The van der Waals surface area contributed by atoms with Crippen LogP contribution >= 0.6 is 0 Å². The molecule has 2 aromatic carbocycles. The smallest absolute Gasteiger partial charge is 0.291 e. The minimum absolute atomic E-state index is 0.110. The van der Waals surface area contributed by atoms with E-state index in [1.807, 2.05) is 0 Å². The number of rotatable bonds is 7. The molecular weight excluding hydrogens is 418 g/mol. The predicted molar refractivity (Wildman–Crippen MR) is 111 cm³/mol. The van der Waals surface area contributed by atoms with Crippen LogP contribution in [-0.2, 0) is 14.3 Å². The van der Waals surface area contributed by atoms with Crippen LogP contribution < -0.4 is 4.90 Å². The molecule has 0 aliphatic carbocycles. The topological polar surface area (TPSA) is 68.1 Å². The number of morpholine rings is 1. The molecular formula is C24H25F2N2O4+. The second kappa shape index (κ2) is 9.67. The number of benzene rings is 2. The lowest BCUT2D eigenvalue weighted by Gasteiger charge is -2.29. The van der Waals surface area contributed by atoms with Crippen molar-refractivity contribution in [2.24, 2.45) is 5.92 Å². The molecule has 2 saturated heterocycles.